The molecule has 96 valence electrons. The van der Waals surface area contributed by atoms with Crippen molar-refractivity contribution in [2.45, 2.75) is 5.12 Å². The van der Waals surface area contributed by atoms with Gasteiger partial charge in [0.05, 0.1) is 17.8 Å². The summed E-state index contributed by atoms with van der Waals surface area (Å²) in [7, 11) is -3.73. The maximum absolute atomic E-state index is 11.4. The molecule has 8 nitrogen and oxygen atoms in total. The average Bonchev–Trinajstić information content (AvgIpc) is 2.67. The summed E-state index contributed by atoms with van der Waals surface area (Å²) in [6.07, 6.45) is -1.08. The molecule has 1 aromatic rings. The molecular formula is C9H9N3O5S. The normalized spacial score (nSPS) is 16.1. The summed E-state index contributed by atoms with van der Waals surface area (Å²) in [5.74, 6) is 0. The number of carbonyl (C=O) groups is 1. The van der Waals surface area contributed by atoms with Gasteiger partial charge in [-0.1, -0.05) is 12.1 Å². The van der Waals surface area contributed by atoms with Crippen LogP contribution in [-0.2, 0) is 14.9 Å². The fourth-order valence-electron chi connectivity index (χ4n) is 1.42. The van der Waals surface area contributed by atoms with E-state index in [9.17, 15) is 17.8 Å². The minimum Gasteiger partial charge on any atom is -0.453 e. The number of rotatable bonds is 2. The number of hydrogen-bond donors (Lipinski definition) is 2. The lowest BCUT2D eigenvalue weighted by atomic mass is 10.3. The summed E-state index contributed by atoms with van der Waals surface area (Å²) in [6.45, 7) is 0. The third kappa shape index (κ3) is 1.93. The summed E-state index contributed by atoms with van der Waals surface area (Å²) >= 11 is 0. The number of alkyl carbamates (subject to hydrolysis) is 1. The van der Waals surface area contributed by atoms with Crippen LogP contribution >= 0.6 is 0 Å². The maximum Gasteiger partial charge on any atom is 0.411 e. The number of methoxy groups -OCH3 is 1. The molecule has 0 radical (unpaired) electrons. The van der Waals surface area contributed by atoms with Crippen LogP contribution in [0.3, 0.4) is 0 Å². The van der Waals surface area contributed by atoms with Gasteiger partial charge in [0.2, 0.25) is 0 Å². The number of fused-ring (bicyclic) bond motifs is 1. The van der Waals surface area contributed by atoms with E-state index in [1.807, 2.05) is 5.32 Å². The number of nitrogens with zero attached hydrogens (tertiary/aromatic N) is 2. The molecule has 0 fully saturated rings. The molecule has 0 atom stereocenters. The Morgan fingerprint density at radius 1 is 1.33 bits per heavy atom. The van der Waals surface area contributed by atoms with Crippen molar-refractivity contribution >= 4 is 16.2 Å². The topological polar surface area (TPSA) is 117 Å². The molecule has 2 rings (SSSR count). The molecule has 1 amide bonds. The molecule has 0 aliphatic carbocycles. The summed E-state index contributed by atoms with van der Waals surface area (Å²) in [6, 6.07) is 6.25. The Morgan fingerprint density at radius 3 is 2.22 bits per heavy atom. The fraction of sp³-hybridized carbons (Fsp3) is 0.222. The van der Waals surface area contributed by atoms with Crippen LogP contribution in [0.2, 0.25) is 0 Å². The van der Waals surface area contributed by atoms with Crippen LogP contribution in [0.4, 0.5) is 4.79 Å². The number of para-hydroxylation sites is 2. The molecule has 9 heteroatoms. The fourth-order valence-corrected chi connectivity index (χ4v) is 2.06. The highest BCUT2D eigenvalue weighted by Crippen LogP contribution is 2.17. The Hall–Kier alpha value is -2.00. The summed E-state index contributed by atoms with van der Waals surface area (Å²) in [5.41, 5.74) is 0. The first kappa shape index (κ1) is 12.5. The molecule has 18 heavy (non-hydrogen) atoms. The average molecular weight is 271 g/mol. The van der Waals surface area contributed by atoms with Crippen molar-refractivity contribution in [2.24, 2.45) is 9.98 Å². The second-order valence-electron chi connectivity index (χ2n) is 3.41. The third-order valence-electron chi connectivity index (χ3n) is 2.24. The number of benzene rings is 1. The molecule has 1 aliphatic rings. The van der Waals surface area contributed by atoms with Gasteiger partial charge in [-0.25, -0.2) is 14.8 Å². The molecule has 1 aliphatic heterocycles. The van der Waals surface area contributed by atoms with E-state index in [2.05, 4.69) is 14.7 Å². The number of amides is 1. The highest BCUT2D eigenvalue weighted by molar-refractivity contribution is 7.87. The van der Waals surface area contributed by atoms with E-state index in [1.165, 1.54) is 12.1 Å². The third-order valence-corrected chi connectivity index (χ3v) is 3.24. The minimum absolute atomic E-state index is 0.242. The Bertz CT molecular complexity index is 677. The van der Waals surface area contributed by atoms with E-state index in [0.717, 1.165) is 7.11 Å². The second kappa shape index (κ2) is 4.03. The number of ether oxygens (including phenoxy) is 1. The van der Waals surface area contributed by atoms with Gasteiger partial charge >= 0.3 is 21.3 Å². The maximum atomic E-state index is 11.4. The predicted molar refractivity (Wildman–Crippen MR) is 58.6 cm³/mol. The summed E-state index contributed by atoms with van der Waals surface area (Å²) in [4.78, 5) is 18.6. The Kier molecular flexibility index (Phi) is 2.79. The Balaban J connectivity index is 2.63. The number of hydrogen-bond acceptors (Lipinski definition) is 6. The van der Waals surface area contributed by atoms with Crippen LogP contribution in [0.5, 0.6) is 0 Å². The van der Waals surface area contributed by atoms with Crippen LogP contribution < -0.4 is 16.0 Å². The van der Waals surface area contributed by atoms with Gasteiger partial charge in [-0.3, -0.25) is 9.87 Å². The van der Waals surface area contributed by atoms with Crippen LogP contribution in [-0.4, -0.2) is 31.3 Å². The van der Waals surface area contributed by atoms with Crippen molar-refractivity contribution in [2.75, 3.05) is 7.11 Å². The zero-order valence-corrected chi connectivity index (χ0v) is 10.0. The van der Waals surface area contributed by atoms with Crippen LogP contribution in [0.1, 0.15) is 0 Å². The lowest BCUT2D eigenvalue weighted by Crippen LogP contribution is -2.51. The molecule has 0 unspecified atom stereocenters. The van der Waals surface area contributed by atoms with Crippen LogP contribution in [0, 0.1) is 0 Å². The second-order valence-corrected chi connectivity index (χ2v) is 4.93. The van der Waals surface area contributed by atoms with Crippen molar-refractivity contribution in [1.29, 1.82) is 0 Å². The Morgan fingerprint density at radius 2 is 1.83 bits per heavy atom. The first-order valence-corrected chi connectivity index (χ1v) is 6.20. The Labute approximate surface area is 102 Å². The van der Waals surface area contributed by atoms with E-state index >= 15 is 0 Å². The number of nitrogens with one attached hydrogen (secondary N) is 1. The number of carbonyl (C=O) groups excluding carboxylic acids is 1. The molecule has 0 spiro atoms. The first-order valence-electron chi connectivity index (χ1n) is 4.76. The smallest absolute Gasteiger partial charge is 0.411 e. The monoisotopic (exact) mass is 271 g/mol. The zero-order chi connectivity index (χ0) is 13.4. The lowest BCUT2D eigenvalue weighted by molar-refractivity contribution is 0.163. The molecular weight excluding hydrogens is 262 g/mol. The van der Waals surface area contributed by atoms with Gasteiger partial charge in [-0.05, 0) is 12.1 Å². The highest BCUT2D eigenvalue weighted by Gasteiger charge is 2.47. The summed E-state index contributed by atoms with van der Waals surface area (Å²) in [5, 5.41) is -0.102. The van der Waals surface area contributed by atoms with Gasteiger partial charge in [0, 0.05) is 0 Å². The lowest BCUT2D eigenvalue weighted by Gasteiger charge is -2.19. The minimum atomic E-state index is -4.78. The van der Waals surface area contributed by atoms with Gasteiger partial charge in [0.25, 0.3) is 0 Å². The molecule has 0 saturated carbocycles. The van der Waals surface area contributed by atoms with Crippen molar-refractivity contribution in [3.8, 4) is 0 Å². The summed E-state index contributed by atoms with van der Waals surface area (Å²) < 4.78 is 36.2. The molecule has 1 heterocycles. The zero-order valence-electron chi connectivity index (χ0n) is 9.19. The van der Waals surface area contributed by atoms with Crippen molar-refractivity contribution < 1.29 is 22.5 Å². The van der Waals surface area contributed by atoms with E-state index in [-0.39, 0.29) is 10.7 Å². The predicted octanol–water partition coefficient (Wildman–Crippen LogP) is -1.21. The van der Waals surface area contributed by atoms with Crippen molar-refractivity contribution in [1.82, 2.24) is 5.32 Å². The van der Waals surface area contributed by atoms with Crippen molar-refractivity contribution in [3.05, 3.63) is 35.0 Å². The highest BCUT2D eigenvalue weighted by atomic mass is 32.2. The molecule has 0 bridgehead atoms. The van der Waals surface area contributed by atoms with E-state index < -0.39 is 21.3 Å². The molecule has 2 N–H and O–H groups in total. The molecule has 1 aromatic carbocycles. The van der Waals surface area contributed by atoms with Gasteiger partial charge in [-0.15, -0.1) is 0 Å². The first-order chi connectivity index (χ1) is 8.38. The van der Waals surface area contributed by atoms with Crippen LogP contribution in [0.15, 0.2) is 34.3 Å². The van der Waals surface area contributed by atoms with E-state index in [1.54, 1.807) is 12.1 Å². The standard InChI is InChI=1S/C9H9N3O5S/c1-17-8(13)12-9(18(14,15)16)10-6-4-2-3-5-7(6)11-9/h2-5H,1H3,(H,12,13)(H,14,15,16). The largest absolute Gasteiger partial charge is 0.453 e. The van der Waals surface area contributed by atoms with E-state index in [4.69, 9.17) is 0 Å². The molecule has 0 saturated heterocycles. The van der Waals surface area contributed by atoms with Gasteiger partial charge in [-0.2, -0.15) is 8.42 Å². The quantitative estimate of drug-likeness (QED) is 0.655. The van der Waals surface area contributed by atoms with Crippen LogP contribution in [0.25, 0.3) is 0 Å². The molecule has 0 aromatic heterocycles. The van der Waals surface area contributed by atoms with E-state index in [0.29, 0.717) is 0 Å². The van der Waals surface area contributed by atoms with Gasteiger partial charge < -0.3 is 4.74 Å². The SMILES string of the molecule is COC(=O)NC1(S(=O)(=O)O)N=c2ccccc2=N1. The van der Waals surface area contributed by atoms with Gasteiger partial charge in [0.15, 0.2) is 0 Å². The van der Waals surface area contributed by atoms with Gasteiger partial charge in [0.1, 0.15) is 0 Å². The van der Waals surface area contributed by atoms with Crippen molar-refractivity contribution in [3.63, 3.8) is 0 Å².